The Balaban J connectivity index is 1.23. The van der Waals surface area contributed by atoms with Crippen molar-refractivity contribution < 1.29 is 41.5 Å². The van der Waals surface area contributed by atoms with Crippen molar-refractivity contribution in [2.24, 2.45) is 7.05 Å². The second-order valence-corrected chi connectivity index (χ2v) is 16.7. The number of ether oxygens (including phenoxy) is 1. The fraction of sp³-hybridized carbons (Fsp3) is 0.422. The first-order valence-corrected chi connectivity index (χ1v) is 20.2. The summed E-state index contributed by atoms with van der Waals surface area (Å²) >= 11 is 0. The van der Waals surface area contributed by atoms with E-state index >= 15 is 4.39 Å². The third kappa shape index (κ3) is 10.5. The molecule has 6 rings (SSSR count). The zero-order valence-electron chi connectivity index (χ0n) is 36.0. The maximum absolute atomic E-state index is 15.2. The number of aromatic nitrogens is 3. The van der Waals surface area contributed by atoms with E-state index in [0.29, 0.717) is 42.5 Å². The minimum atomic E-state index is -4.64. The SMILES string of the molecule is CC(=O)N(C)c1ncc(C#Cc2cc(CC(=O)Nc3ccc(CN4CCN(C(C)C)CC4)c(C(F)(F)F)c3)ccc2F)c(-c2cc3c(n2C)CCN(C(=O)OC(C)(C)C)C3=O)n1. The molecule has 4 heterocycles. The highest BCUT2D eigenvalue weighted by molar-refractivity contribution is 6.05. The molecular weight excluding hydrogens is 809 g/mol. The maximum atomic E-state index is 15.2. The Labute approximate surface area is 358 Å². The van der Waals surface area contributed by atoms with Gasteiger partial charge in [0.2, 0.25) is 17.8 Å². The lowest BCUT2D eigenvalue weighted by Crippen LogP contribution is -2.48. The van der Waals surface area contributed by atoms with Crippen LogP contribution in [0.5, 0.6) is 0 Å². The van der Waals surface area contributed by atoms with Gasteiger partial charge in [-0.25, -0.2) is 24.1 Å². The van der Waals surface area contributed by atoms with Crippen LogP contribution in [0.4, 0.5) is 34.0 Å². The number of nitrogens with one attached hydrogen (secondary N) is 1. The van der Waals surface area contributed by atoms with Crippen LogP contribution in [0.2, 0.25) is 0 Å². The largest absolute Gasteiger partial charge is 0.443 e. The van der Waals surface area contributed by atoms with Crippen molar-refractivity contribution >= 4 is 35.5 Å². The molecule has 0 atom stereocenters. The second kappa shape index (κ2) is 18.1. The van der Waals surface area contributed by atoms with Gasteiger partial charge in [0.1, 0.15) is 17.1 Å². The quantitative estimate of drug-likeness (QED) is 0.153. The topological polar surface area (TPSA) is 133 Å². The molecule has 0 aliphatic carbocycles. The molecule has 17 heteroatoms. The van der Waals surface area contributed by atoms with Crippen LogP contribution in [-0.2, 0) is 46.9 Å². The van der Waals surface area contributed by atoms with E-state index in [1.54, 1.807) is 38.5 Å². The summed E-state index contributed by atoms with van der Waals surface area (Å²) in [4.78, 5) is 67.4. The Kier molecular flexibility index (Phi) is 13.2. The van der Waals surface area contributed by atoms with E-state index in [1.807, 2.05) is 4.90 Å². The van der Waals surface area contributed by atoms with Crippen LogP contribution in [0, 0.1) is 17.7 Å². The summed E-state index contributed by atoms with van der Waals surface area (Å²) in [5.74, 6) is 3.50. The molecule has 2 aliphatic heterocycles. The smallest absolute Gasteiger partial charge is 0.417 e. The molecule has 0 spiro atoms. The van der Waals surface area contributed by atoms with Gasteiger partial charge in [-0.1, -0.05) is 24.0 Å². The molecule has 328 valence electrons. The van der Waals surface area contributed by atoms with Gasteiger partial charge in [0.05, 0.1) is 34.4 Å². The van der Waals surface area contributed by atoms with Crippen LogP contribution in [0.3, 0.4) is 0 Å². The number of imide groups is 1. The van der Waals surface area contributed by atoms with Crippen LogP contribution >= 0.6 is 0 Å². The van der Waals surface area contributed by atoms with Crippen molar-refractivity contribution in [3.05, 3.63) is 93.6 Å². The first-order chi connectivity index (χ1) is 29.1. The van der Waals surface area contributed by atoms with E-state index in [9.17, 15) is 32.3 Å². The van der Waals surface area contributed by atoms with Crippen molar-refractivity contribution in [1.82, 2.24) is 29.2 Å². The lowest BCUT2D eigenvalue weighted by Gasteiger charge is -2.37. The molecule has 0 unspecified atom stereocenters. The fourth-order valence-electron chi connectivity index (χ4n) is 7.31. The summed E-state index contributed by atoms with van der Waals surface area (Å²) in [5.41, 5.74) is 0.436. The Bertz CT molecular complexity index is 2460. The van der Waals surface area contributed by atoms with Gasteiger partial charge in [-0.2, -0.15) is 13.2 Å². The van der Waals surface area contributed by atoms with Gasteiger partial charge in [-0.3, -0.25) is 29.1 Å². The number of alkyl halides is 3. The van der Waals surface area contributed by atoms with Crippen LogP contribution in [0.25, 0.3) is 11.4 Å². The highest BCUT2D eigenvalue weighted by atomic mass is 19.4. The molecule has 2 aromatic carbocycles. The molecule has 2 aliphatic rings. The zero-order chi connectivity index (χ0) is 45.3. The van der Waals surface area contributed by atoms with Gasteiger partial charge < -0.3 is 14.6 Å². The Morgan fingerprint density at radius 3 is 2.31 bits per heavy atom. The second-order valence-electron chi connectivity index (χ2n) is 16.7. The van der Waals surface area contributed by atoms with E-state index in [2.05, 4.69) is 45.9 Å². The highest BCUT2D eigenvalue weighted by Gasteiger charge is 2.36. The number of fused-ring (bicyclic) bond motifs is 1. The van der Waals surface area contributed by atoms with Crippen molar-refractivity contribution in [3.8, 4) is 23.2 Å². The predicted octanol–water partition coefficient (Wildman–Crippen LogP) is 6.66. The number of nitrogens with zero attached hydrogens (tertiary/aromatic N) is 7. The van der Waals surface area contributed by atoms with Crippen molar-refractivity contribution in [2.75, 3.05) is 50.0 Å². The summed E-state index contributed by atoms with van der Waals surface area (Å²) in [7, 11) is 3.21. The van der Waals surface area contributed by atoms with E-state index in [1.165, 1.54) is 49.3 Å². The molecule has 1 N–H and O–H groups in total. The summed E-state index contributed by atoms with van der Waals surface area (Å²) in [6.45, 7) is 13.7. The average Bonchev–Trinajstić information content (AvgIpc) is 3.53. The summed E-state index contributed by atoms with van der Waals surface area (Å²) in [6.07, 6.45) is -4.02. The summed E-state index contributed by atoms with van der Waals surface area (Å²) in [5, 5.41) is 2.55. The minimum absolute atomic E-state index is 0.0224. The van der Waals surface area contributed by atoms with Crippen LogP contribution < -0.4 is 10.2 Å². The van der Waals surface area contributed by atoms with E-state index in [0.717, 1.165) is 30.1 Å². The Morgan fingerprint density at radius 1 is 0.968 bits per heavy atom. The third-order valence-electron chi connectivity index (χ3n) is 10.8. The molecule has 1 fully saturated rings. The Hall–Kier alpha value is -6.12. The molecule has 0 saturated carbocycles. The van der Waals surface area contributed by atoms with Crippen molar-refractivity contribution in [2.45, 2.75) is 78.7 Å². The number of rotatable bonds is 8. The van der Waals surface area contributed by atoms with Crippen LogP contribution in [0.1, 0.15) is 85.4 Å². The maximum Gasteiger partial charge on any atom is 0.417 e. The standard InChI is InChI=1S/C45H50F4N8O5/c1-27(2)56-19-17-55(18-20-56)26-32-12-13-33(23-35(32)45(47,48)49)51-39(59)22-29-9-14-36(46)30(21-29)10-11-31-25-50-42(53(7)28(3)58)52-40(31)38-24-34-37(54(38)8)15-16-57(41(34)60)43(61)62-44(4,5)6/h9,12-14,21,23-25,27H,15-20,22,26H2,1-8H3,(H,51,59). The first kappa shape index (κ1) is 45.4. The molecule has 13 nitrogen and oxygen atoms in total. The van der Waals surface area contributed by atoms with Crippen LogP contribution in [-0.4, -0.2) is 104 Å². The summed E-state index contributed by atoms with van der Waals surface area (Å²) < 4.78 is 65.2. The fourth-order valence-corrected chi connectivity index (χ4v) is 7.31. The van der Waals surface area contributed by atoms with Gasteiger partial charge in [-0.15, -0.1) is 0 Å². The number of benzene rings is 2. The molecule has 0 radical (unpaired) electrons. The highest BCUT2D eigenvalue weighted by Crippen LogP contribution is 2.35. The number of piperazine rings is 1. The van der Waals surface area contributed by atoms with Crippen molar-refractivity contribution in [3.63, 3.8) is 0 Å². The van der Waals surface area contributed by atoms with Crippen molar-refractivity contribution in [1.29, 1.82) is 0 Å². The normalized spacial score (nSPS) is 14.9. The molecule has 62 heavy (non-hydrogen) atoms. The average molecular weight is 859 g/mol. The van der Waals surface area contributed by atoms with Gasteiger partial charge in [0.25, 0.3) is 5.91 Å². The molecule has 1 saturated heterocycles. The van der Waals surface area contributed by atoms with Crippen LogP contribution in [0.15, 0.2) is 48.7 Å². The van der Waals surface area contributed by atoms with Gasteiger partial charge in [-0.05, 0) is 76.1 Å². The Morgan fingerprint density at radius 2 is 1.66 bits per heavy atom. The molecular formula is C45H50F4N8O5. The first-order valence-electron chi connectivity index (χ1n) is 20.2. The lowest BCUT2D eigenvalue weighted by atomic mass is 10.0. The number of halogens is 4. The number of anilines is 2. The zero-order valence-corrected chi connectivity index (χ0v) is 36.0. The van der Waals surface area contributed by atoms with Gasteiger partial charge in [0.15, 0.2) is 0 Å². The molecule has 4 amide bonds. The number of hydrogen-bond acceptors (Lipinski definition) is 9. The third-order valence-corrected chi connectivity index (χ3v) is 10.8. The van der Waals surface area contributed by atoms with Gasteiger partial charge >= 0.3 is 12.3 Å². The lowest BCUT2D eigenvalue weighted by molar-refractivity contribution is -0.138. The minimum Gasteiger partial charge on any atom is -0.443 e. The van der Waals surface area contributed by atoms with Gasteiger partial charge in [0, 0.05) is 90.3 Å². The predicted molar refractivity (Wildman–Crippen MR) is 225 cm³/mol. The van der Waals surface area contributed by atoms with E-state index in [4.69, 9.17) is 4.74 Å². The molecule has 0 bridgehead atoms. The monoisotopic (exact) mass is 858 g/mol. The number of hydrogen-bond donors (Lipinski definition) is 1. The molecule has 2 aromatic heterocycles. The molecule has 4 aromatic rings. The number of carbonyl (C=O) groups excluding carboxylic acids is 4. The number of carbonyl (C=O) groups is 4. The van der Waals surface area contributed by atoms with E-state index < -0.39 is 41.1 Å². The number of amides is 4. The van der Waals surface area contributed by atoms with E-state index in [-0.39, 0.29) is 65.0 Å². The summed E-state index contributed by atoms with van der Waals surface area (Å²) in [6, 6.07) is 9.60.